The molecule has 0 saturated heterocycles. The van der Waals surface area contributed by atoms with E-state index in [0.29, 0.717) is 64.8 Å². The maximum absolute atomic E-state index is 13.6. The Bertz CT molecular complexity index is 1090. The van der Waals surface area contributed by atoms with Crippen molar-refractivity contribution in [2.24, 2.45) is 0 Å². The summed E-state index contributed by atoms with van der Waals surface area (Å²) in [6.07, 6.45) is 0. The number of hydrogen-bond acceptors (Lipinski definition) is 7. The summed E-state index contributed by atoms with van der Waals surface area (Å²) >= 11 is 7.77. The van der Waals surface area contributed by atoms with Crippen molar-refractivity contribution >= 4 is 56.6 Å². The summed E-state index contributed by atoms with van der Waals surface area (Å²) < 4.78 is 17.6. The fourth-order valence-corrected chi connectivity index (χ4v) is 4.43. The van der Waals surface area contributed by atoms with Crippen molar-refractivity contribution < 1.29 is 19.0 Å². The normalized spacial score (nSPS) is 10.8. The molecule has 0 atom stereocenters. The van der Waals surface area contributed by atoms with Gasteiger partial charge in [-0.25, -0.2) is 4.98 Å². The Labute approximate surface area is 209 Å². The number of ether oxygens (including phenoxy) is 3. The van der Waals surface area contributed by atoms with Crippen LogP contribution in [-0.2, 0) is 0 Å². The molecular weight excluding hydrogens is 485 g/mol. The number of carbonyl (C=O) groups is 1. The van der Waals surface area contributed by atoms with Crippen LogP contribution < -0.4 is 19.1 Å². The molecule has 0 radical (unpaired) electrons. The highest BCUT2D eigenvalue weighted by atomic mass is 35.5. The van der Waals surface area contributed by atoms with Gasteiger partial charge in [-0.15, -0.1) is 12.4 Å². The van der Waals surface area contributed by atoms with Crippen LogP contribution in [0.25, 0.3) is 10.2 Å². The largest absolute Gasteiger partial charge is 0.494 e. The first-order valence-electron chi connectivity index (χ1n) is 10.4. The van der Waals surface area contributed by atoms with Gasteiger partial charge >= 0.3 is 0 Å². The number of benzene rings is 2. The van der Waals surface area contributed by atoms with E-state index in [0.717, 1.165) is 4.70 Å². The summed E-state index contributed by atoms with van der Waals surface area (Å²) in [4.78, 5) is 22.0. The standard InChI is InChI=1S/C23H28ClN3O4S.ClH/c1-6-30-17-10-8-15(14-19(17)31-7-2)22(28)27(13-12-26(3)4)23-25-20-18(29-5)11-9-16(24)21(20)32-23;/h8-11,14H,6-7,12-13H2,1-5H3;1H. The van der Waals surface area contributed by atoms with Gasteiger partial charge in [-0.05, 0) is 58.3 Å². The third-order valence-corrected chi connectivity index (χ3v) is 6.24. The highest BCUT2D eigenvalue weighted by molar-refractivity contribution is 7.23. The van der Waals surface area contributed by atoms with Crippen LogP contribution >= 0.6 is 35.3 Å². The summed E-state index contributed by atoms with van der Waals surface area (Å²) in [5, 5.41) is 1.13. The van der Waals surface area contributed by atoms with Crippen LogP contribution in [0.1, 0.15) is 24.2 Å². The van der Waals surface area contributed by atoms with Crippen molar-refractivity contribution in [3.63, 3.8) is 0 Å². The Morgan fingerprint density at radius 2 is 1.70 bits per heavy atom. The lowest BCUT2D eigenvalue weighted by Gasteiger charge is -2.22. The lowest BCUT2D eigenvalue weighted by molar-refractivity contribution is 0.0984. The van der Waals surface area contributed by atoms with E-state index >= 15 is 0 Å². The number of hydrogen-bond donors (Lipinski definition) is 0. The van der Waals surface area contributed by atoms with Crippen molar-refractivity contribution in [2.45, 2.75) is 13.8 Å². The number of likely N-dealkylation sites (N-methyl/N-ethyl adjacent to an activating group) is 1. The predicted molar refractivity (Wildman–Crippen MR) is 137 cm³/mol. The van der Waals surface area contributed by atoms with Gasteiger partial charge in [0.1, 0.15) is 11.3 Å². The van der Waals surface area contributed by atoms with Crippen molar-refractivity contribution in [3.8, 4) is 17.2 Å². The maximum atomic E-state index is 13.6. The van der Waals surface area contributed by atoms with Gasteiger partial charge in [-0.2, -0.15) is 0 Å². The fourth-order valence-electron chi connectivity index (χ4n) is 3.15. The first kappa shape index (κ1) is 27.0. The second kappa shape index (κ2) is 12.3. The minimum Gasteiger partial charge on any atom is -0.494 e. The van der Waals surface area contributed by atoms with Gasteiger partial charge in [0, 0.05) is 18.7 Å². The molecule has 3 aromatic rings. The average Bonchev–Trinajstić information content (AvgIpc) is 3.21. The second-order valence-corrected chi connectivity index (χ2v) is 8.60. The molecule has 10 heteroatoms. The number of aromatic nitrogens is 1. The van der Waals surface area contributed by atoms with E-state index in [1.54, 1.807) is 42.3 Å². The molecule has 2 aromatic carbocycles. The lowest BCUT2D eigenvalue weighted by atomic mass is 10.1. The topological polar surface area (TPSA) is 64.1 Å². The van der Waals surface area contributed by atoms with Crippen LogP contribution in [-0.4, -0.2) is 63.3 Å². The molecule has 0 aliphatic carbocycles. The minimum absolute atomic E-state index is 0. The molecule has 0 N–H and O–H groups in total. The van der Waals surface area contributed by atoms with Crippen LogP contribution in [0.2, 0.25) is 5.02 Å². The Balaban J connectivity index is 0.00000385. The molecule has 0 aliphatic heterocycles. The summed E-state index contributed by atoms with van der Waals surface area (Å²) in [7, 11) is 5.52. The molecule has 0 spiro atoms. The molecule has 3 rings (SSSR count). The van der Waals surface area contributed by atoms with E-state index in [2.05, 4.69) is 0 Å². The monoisotopic (exact) mass is 513 g/mol. The number of halogens is 2. The van der Waals surface area contributed by atoms with E-state index in [4.69, 9.17) is 30.8 Å². The lowest BCUT2D eigenvalue weighted by Crippen LogP contribution is -2.36. The number of methoxy groups -OCH3 is 1. The van der Waals surface area contributed by atoms with Crippen molar-refractivity contribution in [1.82, 2.24) is 9.88 Å². The highest BCUT2D eigenvalue weighted by Crippen LogP contribution is 2.39. The minimum atomic E-state index is -0.176. The zero-order chi connectivity index (χ0) is 23.3. The number of thiazole rings is 1. The fraction of sp³-hybridized carbons (Fsp3) is 0.391. The third-order valence-electron chi connectivity index (χ3n) is 4.70. The molecule has 0 bridgehead atoms. The van der Waals surface area contributed by atoms with Gasteiger partial charge in [0.25, 0.3) is 5.91 Å². The molecule has 180 valence electrons. The number of nitrogens with zero attached hydrogens (tertiary/aromatic N) is 3. The highest BCUT2D eigenvalue weighted by Gasteiger charge is 2.24. The number of rotatable bonds is 10. The Morgan fingerprint density at radius 3 is 2.33 bits per heavy atom. The zero-order valence-electron chi connectivity index (χ0n) is 19.4. The Morgan fingerprint density at radius 1 is 1.03 bits per heavy atom. The van der Waals surface area contributed by atoms with Crippen LogP contribution in [0.4, 0.5) is 5.13 Å². The first-order valence-corrected chi connectivity index (χ1v) is 11.6. The molecule has 0 aliphatic rings. The number of fused-ring (bicyclic) bond motifs is 1. The van der Waals surface area contributed by atoms with Crippen LogP contribution in [0.3, 0.4) is 0 Å². The first-order chi connectivity index (χ1) is 15.4. The molecule has 1 amide bonds. The van der Waals surface area contributed by atoms with Crippen molar-refractivity contribution in [2.75, 3.05) is 52.4 Å². The van der Waals surface area contributed by atoms with E-state index in [1.165, 1.54) is 11.3 Å². The van der Waals surface area contributed by atoms with Crippen LogP contribution in [0.5, 0.6) is 17.2 Å². The van der Waals surface area contributed by atoms with E-state index in [1.807, 2.05) is 32.8 Å². The van der Waals surface area contributed by atoms with Gasteiger partial charge in [-0.3, -0.25) is 9.69 Å². The van der Waals surface area contributed by atoms with Crippen LogP contribution in [0.15, 0.2) is 30.3 Å². The van der Waals surface area contributed by atoms with Gasteiger partial charge in [0.05, 0.1) is 30.0 Å². The average molecular weight is 514 g/mol. The molecule has 7 nitrogen and oxygen atoms in total. The molecule has 0 saturated carbocycles. The number of anilines is 1. The van der Waals surface area contributed by atoms with E-state index in [-0.39, 0.29) is 18.3 Å². The molecular formula is C23H29Cl2N3O4S. The quantitative estimate of drug-likeness (QED) is 0.362. The molecule has 0 fully saturated rings. The Kier molecular flexibility index (Phi) is 10.0. The van der Waals surface area contributed by atoms with E-state index in [9.17, 15) is 4.79 Å². The summed E-state index contributed by atoms with van der Waals surface area (Å²) in [5.74, 6) is 1.60. The van der Waals surface area contributed by atoms with E-state index < -0.39 is 0 Å². The van der Waals surface area contributed by atoms with Gasteiger partial charge < -0.3 is 19.1 Å². The summed E-state index contributed by atoms with van der Waals surface area (Å²) in [6, 6.07) is 8.79. The zero-order valence-corrected chi connectivity index (χ0v) is 21.8. The predicted octanol–water partition coefficient (Wildman–Crippen LogP) is 5.39. The summed E-state index contributed by atoms with van der Waals surface area (Å²) in [5.41, 5.74) is 1.14. The Hall–Kier alpha value is -2.26. The van der Waals surface area contributed by atoms with Gasteiger partial charge in [0.2, 0.25) is 0 Å². The van der Waals surface area contributed by atoms with Crippen LogP contribution in [0, 0.1) is 0 Å². The molecule has 1 aromatic heterocycles. The number of amides is 1. The summed E-state index contributed by atoms with van der Waals surface area (Å²) in [6.45, 7) is 5.91. The van der Waals surface area contributed by atoms with Crippen molar-refractivity contribution in [3.05, 3.63) is 40.9 Å². The smallest absolute Gasteiger partial charge is 0.260 e. The molecule has 1 heterocycles. The SMILES string of the molecule is CCOc1ccc(C(=O)N(CCN(C)C)c2nc3c(OC)ccc(Cl)c3s2)cc1OCC.Cl. The maximum Gasteiger partial charge on any atom is 0.260 e. The molecule has 0 unspecified atom stereocenters. The van der Waals surface area contributed by atoms with Crippen molar-refractivity contribution in [1.29, 1.82) is 0 Å². The molecule has 33 heavy (non-hydrogen) atoms. The van der Waals surface area contributed by atoms with Gasteiger partial charge in [0.15, 0.2) is 16.6 Å². The van der Waals surface area contributed by atoms with Gasteiger partial charge in [-0.1, -0.05) is 22.9 Å². The third kappa shape index (κ3) is 6.20. The number of carbonyl (C=O) groups excluding carboxylic acids is 1. The second-order valence-electron chi connectivity index (χ2n) is 7.21.